The zero-order valence-corrected chi connectivity index (χ0v) is 24.8. The molecule has 0 saturated carbocycles. The van der Waals surface area contributed by atoms with Crippen LogP contribution in [0.15, 0.2) is 0 Å². The van der Waals surface area contributed by atoms with Gasteiger partial charge in [0.05, 0.1) is 0 Å². The van der Waals surface area contributed by atoms with Gasteiger partial charge < -0.3 is 0 Å². The highest BCUT2D eigenvalue weighted by atomic mass is 14.1. The Labute approximate surface area is 219 Å². The predicted octanol–water partition coefficient (Wildman–Crippen LogP) is 13.4. The van der Waals surface area contributed by atoms with Gasteiger partial charge in [0.1, 0.15) is 0 Å². The van der Waals surface area contributed by atoms with E-state index in [1.807, 2.05) is 0 Å². The van der Waals surface area contributed by atoms with E-state index in [1.165, 1.54) is 193 Å². The molecule has 0 aliphatic carbocycles. The van der Waals surface area contributed by atoms with E-state index in [0.717, 1.165) is 5.92 Å². The molecule has 0 heterocycles. The van der Waals surface area contributed by atoms with Crippen LogP contribution in [-0.4, -0.2) is 0 Å². The van der Waals surface area contributed by atoms with Crippen LogP contribution in [0.3, 0.4) is 0 Å². The van der Waals surface area contributed by atoms with Crippen LogP contribution in [-0.2, 0) is 0 Å². The molecule has 0 fully saturated rings. The molecule has 0 aromatic rings. The molecular weight excluding hydrogens is 408 g/mol. The summed E-state index contributed by atoms with van der Waals surface area (Å²) in [6, 6.07) is 0. The zero-order valence-electron chi connectivity index (χ0n) is 24.8. The molecule has 0 heteroatoms. The Morgan fingerprint density at radius 3 is 0.647 bits per heavy atom. The normalized spacial score (nSPS) is 12.4. The highest BCUT2D eigenvalue weighted by Gasteiger charge is 2.08. The second-order valence-electron chi connectivity index (χ2n) is 11.7. The quantitative estimate of drug-likeness (QED) is 0.0900. The third-order valence-electron chi connectivity index (χ3n) is 8.15. The second kappa shape index (κ2) is 31.0. The Morgan fingerprint density at radius 1 is 0.235 bits per heavy atom. The SMILES string of the molecule is CCCCCCCCCCCCCCC(CCCCCC)CCCCCCCCCCCCC. The van der Waals surface area contributed by atoms with Crippen LogP contribution in [0.5, 0.6) is 0 Å². The molecule has 0 amide bonds. The molecule has 0 aromatic carbocycles. The molecule has 0 bridgehead atoms. The van der Waals surface area contributed by atoms with Crippen LogP contribution < -0.4 is 0 Å². The first-order valence-corrected chi connectivity index (χ1v) is 16.8. The van der Waals surface area contributed by atoms with Gasteiger partial charge in [0, 0.05) is 0 Å². The van der Waals surface area contributed by atoms with E-state index in [9.17, 15) is 0 Å². The maximum absolute atomic E-state index is 2.34. The molecule has 0 aliphatic heterocycles. The topological polar surface area (TPSA) is 0 Å². The fourth-order valence-electron chi connectivity index (χ4n) is 5.66. The van der Waals surface area contributed by atoms with E-state index in [1.54, 1.807) is 0 Å². The molecule has 0 spiro atoms. The third kappa shape index (κ3) is 28.2. The predicted molar refractivity (Wildman–Crippen MR) is 159 cm³/mol. The minimum absolute atomic E-state index is 1.04. The van der Waals surface area contributed by atoms with Crippen LogP contribution in [0.1, 0.15) is 213 Å². The zero-order chi connectivity index (χ0) is 24.8. The largest absolute Gasteiger partial charge is 0.0654 e. The van der Waals surface area contributed by atoms with Crippen molar-refractivity contribution in [2.45, 2.75) is 213 Å². The summed E-state index contributed by atoms with van der Waals surface area (Å²) >= 11 is 0. The van der Waals surface area contributed by atoms with Crippen molar-refractivity contribution in [1.82, 2.24) is 0 Å². The standard InChI is InChI=1S/C34H70/c1-4-7-10-13-15-17-19-21-23-25-27-30-33-34(31-28-12-9-6-3)32-29-26-24-22-20-18-16-14-11-8-5-2/h34H,4-33H2,1-3H3. The molecule has 34 heavy (non-hydrogen) atoms. The van der Waals surface area contributed by atoms with E-state index in [4.69, 9.17) is 0 Å². The van der Waals surface area contributed by atoms with Gasteiger partial charge in [-0.15, -0.1) is 0 Å². The second-order valence-corrected chi connectivity index (χ2v) is 11.7. The Balaban J connectivity index is 3.66. The van der Waals surface area contributed by atoms with Gasteiger partial charge in [0.25, 0.3) is 0 Å². The Kier molecular flexibility index (Phi) is 31.0. The summed E-state index contributed by atoms with van der Waals surface area (Å²) in [7, 11) is 0. The van der Waals surface area contributed by atoms with Crippen LogP contribution in [0.2, 0.25) is 0 Å². The van der Waals surface area contributed by atoms with Gasteiger partial charge in [-0.1, -0.05) is 213 Å². The van der Waals surface area contributed by atoms with Crippen molar-refractivity contribution in [1.29, 1.82) is 0 Å². The molecule has 0 N–H and O–H groups in total. The van der Waals surface area contributed by atoms with Crippen molar-refractivity contribution < 1.29 is 0 Å². The number of unbranched alkanes of at least 4 members (excludes halogenated alkanes) is 24. The highest BCUT2D eigenvalue weighted by molar-refractivity contribution is 4.62. The first-order chi connectivity index (χ1) is 16.8. The maximum Gasteiger partial charge on any atom is -0.0414 e. The van der Waals surface area contributed by atoms with Crippen LogP contribution >= 0.6 is 0 Å². The first kappa shape index (κ1) is 34.0. The summed E-state index contributed by atoms with van der Waals surface area (Å²) < 4.78 is 0. The van der Waals surface area contributed by atoms with Gasteiger partial charge in [-0.05, 0) is 5.92 Å². The van der Waals surface area contributed by atoms with E-state index in [0.29, 0.717) is 0 Å². The number of rotatable bonds is 30. The van der Waals surface area contributed by atoms with Gasteiger partial charge in [-0.2, -0.15) is 0 Å². The molecule has 0 rings (SSSR count). The monoisotopic (exact) mass is 479 g/mol. The average Bonchev–Trinajstić information content (AvgIpc) is 2.85. The van der Waals surface area contributed by atoms with Crippen molar-refractivity contribution in [2.24, 2.45) is 5.92 Å². The summed E-state index contributed by atoms with van der Waals surface area (Å²) in [5, 5.41) is 0. The minimum Gasteiger partial charge on any atom is -0.0654 e. The van der Waals surface area contributed by atoms with Crippen molar-refractivity contribution in [3.63, 3.8) is 0 Å². The summed E-state index contributed by atoms with van der Waals surface area (Å²) in [5.41, 5.74) is 0. The van der Waals surface area contributed by atoms with Crippen molar-refractivity contribution >= 4 is 0 Å². The lowest BCUT2D eigenvalue weighted by atomic mass is 9.89. The molecule has 0 radical (unpaired) electrons. The van der Waals surface area contributed by atoms with Crippen molar-refractivity contribution in [3.8, 4) is 0 Å². The molecule has 0 aromatic heterocycles. The van der Waals surface area contributed by atoms with Crippen molar-refractivity contribution in [3.05, 3.63) is 0 Å². The fourth-order valence-corrected chi connectivity index (χ4v) is 5.66. The molecule has 1 unspecified atom stereocenters. The Bertz CT molecular complexity index is 333. The first-order valence-electron chi connectivity index (χ1n) is 16.8. The van der Waals surface area contributed by atoms with Gasteiger partial charge >= 0.3 is 0 Å². The highest BCUT2D eigenvalue weighted by Crippen LogP contribution is 2.25. The smallest absolute Gasteiger partial charge is 0.0414 e. The Morgan fingerprint density at radius 2 is 0.412 bits per heavy atom. The van der Waals surface area contributed by atoms with Gasteiger partial charge in [0.15, 0.2) is 0 Å². The van der Waals surface area contributed by atoms with Crippen LogP contribution in [0.4, 0.5) is 0 Å². The average molecular weight is 479 g/mol. The molecule has 1 atom stereocenters. The lowest BCUT2D eigenvalue weighted by Crippen LogP contribution is -2.01. The lowest BCUT2D eigenvalue weighted by molar-refractivity contribution is 0.366. The van der Waals surface area contributed by atoms with E-state index in [-0.39, 0.29) is 0 Å². The van der Waals surface area contributed by atoms with Crippen LogP contribution in [0, 0.1) is 5.92 Å². The molecular formula is C34H70. The van der Waals surface area contributed by atoms with Gasteiger partial charge in [-0.25, -0.2) is 0 Å². The minimum atomic E-state index is 1.04. The molecule has 206 valence electrons. The van der Waals surface area contributed by atoms with Gasteiger partial charge in [0.2, 0.25) is 0 Å². The molecule has 0 nitrogen and oxygen atoms in total. The summed E-state index contributed by atoms with van der Waals surface area (Å²) in [4.78, 5) is 0. The third-order valence-corrected chi connectivity index (χ3v) is 8.15. The Hall–Kier alpha value is 0. The van der Waals surface area contributed by atoms with E-state index in [2.05, 4.69) is 20.8 Å². The summed E-state index contributed by atoms with van der Waals surface area (Å²) in [5.74, 6) is 1.04. The molecule has 0 aliphatic rings. The lowest BCUT2D eigenvalue weighted by Gasteiger charge is -2.17. The number of hydrogen-bond acceptors (Lipinski definition) is 0. The van der Waals surface area contributed by atoms with Crippen LogP contribution in [0.25, 0.3) is 0 Å². The van der Waals surface area contributed by atoms with E-state index < -0.39 is 0 Å². The van der Waals surface area contributed by atoms with Gasteiger partial charge in [-0.3, -0.25) is 0 Å². The summed E-state index contributed by atoms with van der Waals surface area (Å²) in [6.07, 6.45) is 44.3. The van der Waals surface area contributed by atoms with Crippen molar-refractivity contribution in [2.75, 3.05) is 0 Å². The van der Waals surface area contributed by atoms with E-state index >= 15 is 0 Å². The maximum atomic E-state index is 2.34. The molecule has 0 saturated heterocycles. The fraction of sp³-hybridized carbons (Fsp3) is 1.00. The summed E-state index contributed by atoms with van der Waals surface area (Å²) in [6.45, 7) is 6.97. The number of hydrogen-bond donors (Lipinski definition) is 0.